The Hall–Kier alpha value is -2.53. The van der Waals surface area contributed by atoms with Crippen LogP contribution in [0, 0.1) is 6.92 Å². The zero-order valence-corrected chi connectivity index (χ0v) is 17.3. The molecule has 1 amide bonds. The van der Waals surface area contributed by atoms with Crippen LogP contribution in [-0.4, -0.2) is 23.6 Å². The third-order valence-corrected chi connectivity index (χ3v) is 5.72. The van der Waals surface area contributed by atoms with E-state index in [4.69, 9.17) is 4.42 Å². The molecule has 1 aromatic heterocycles. The molecule has 0 aliphatic rings. The second-order valence-electron chi connectivity index (χ2n) is 7.00. The summed E-state index contributed by atoms with van der Waals surface area (Å²) in [7, 11) is 1.82. The Bertz CT molecular complexity index is 1020. The Balaban J connectivity index is 1.61. The van der Waals surface area contributed by atoms with Crippen LogP contribution >= 0.6 is 11.8 Å². The molecule has 3 rings (SSSR count). The van der Waals surface area contributed by atoms with E-state index >= 15 is 0 Å². The zero-order valence-electron chi connectivity index (χ0n) is 16.5. The van der Waals surface area contributed by atoms with Gasteiger partial charge in [0, 0.05) is 30.8 Å². The lowest BCUT2D eigenvalue weighted by Gasteiger charge is -2.17. The average molecular weight is 396 g/mol. The number of rotatable bonds is 7. The predicted molar refractivity (Wildman–Crippen MR) is 116 cm³/mol. The van der Waals surface area contributed by atoms with Gasteiger partial charge in [0.2, 0.25) is 5.91 Å². The minimum absolute atomic E-state index is 0.0751. The summed E-state index contributed by atoms with van der Waals surface area (Å²) in [4.78, 5) is 26.1. The molecule has 5 heteroatoms. The molecule has 0 aliphatic carbocycles. The highest BCUT2D eigenvalue weighted by Gasteiger charge is 2.11. The van der Waals surface area contributed by atoms with E-state index in [0.29, 0.717) is 23.6 Å². The summed E-state index contributed by atoms with van der Waals surface area (Å²) in [5.41, 5.74) is 4.63. The quantitative estimate of drug-likeness (QED) is 0.551. The number of fused-ring (bicyclic) bond motifs is 1. The molecule has 0 atom stereocenters. The van der Waals surface area contributed by atoms with Crippen LogP contribution in [0.3, 0.4) is 0 Å². The number of nitrogens with zero attached hydrogens (tertiary/aromatic N) is 1. The molecule has 0 unspecified atom stereocenters. The molecule has 0 bridgehead atoms. The van der Waals surface area contributed by atoms with Crippen molar-refractivity contribution in [3.63, 3.8) is 0 Å². The van der Waals surface area contributed by atoms with Gasteiger partial charge >= 0.3 is 5.63 Å². The van der Waals surface area contributed by atoms with E-state index < -0.39 is 0 Å². The topological polar surface area (TPSA) is 50.5 Å². The van der Waals surface area contributed by atoms with Gasteiger partial charge in [0.15, 0.2) is 0 Å². The number of carbonyl (C=O) groups excluding carboxylic acids is 1. The van der Waals surface area contributed by atoms with Crippen LogP contribution in [0.25, 0.3) is 11.0 Å². The third kappa shape index (κ3) is 5.04. The maximum absolute atomic E-state index is 12.4. The fourth-order valence-electron chi connectivity index (χ4n) is 3.03. The highest BCUT2D eigenvalue weighted by atomic mass is 32.2. The first kappa shape index (κ1) is 20.2. The van der Waals surface area contributed by atoms with Crippen LogP contribution in [0.1, 0.15) is 29.2 Å². The second kappa shape index (κ2) is 9.11. The standard InChI is InChI=1S/C23H25NO3S/c1-4-17-9-10-20-19(12-23(26)27-21(20)11-17)14-28-15-22(25)24(3)13-18-7-5-16(2)6-8-18/h5-12H,4,13-15H2,1-3H3. The summed E-state index contributed by atoms with van der Waals surface area (Å²) < 4.78 is 5.35. The lowest BCUT2D eigenvalue weighted by Crippen LogP contribution is -2.27. The summed E-state index contributed by atoms with van der Waals surface area (Å²) >= 11 is 1.52. The Labute approximate surface area is 169 Å². The van der Waals surface area contributed by atoms with Gasteiger partial charge in [-0.3, -0.25) is 4.79 Å². The summed E-state index contributed by atoms with van der Waals surface area (Å²) in [6.07, 6.45) is 0.889. The summed E-state index contributed by atoms with van der Waals surface area (Å²) in [6, 6.07) is 15.7. The summed E-state index contributed by atoms with van der Waals surface area (Å²) in [5.74, 6) is 1.04. The molecule has 0 saturated carbocycles. The number of hydrogen-bond acceptors (Lipinski definition) is 4. The molecule has 0 saturated heterocycles. The van der Waals surface area contributed by atoms with Crippen molar-refractivity contribution in [2.75, 3.05) is 12.8 Å². The van der Waals surface area contributed by atoms with Gasteiger partial charge in [-0.05, 0) is 36.1 Å². The van der Waals surface area contributed by atoms with Crippen LogP contribution in [0.2, 0.25) is 0 Å². The molecular weight excluding hydrogens is 370 g/mol. The largest absolute Gasteiger partial charge is 0.423 e. The van der Waals surface area contributed by atoms with E-state index in [-0.39, 0.29) is 11.5 Å². The molecule has 3 aromatic rings. The zero-order chi connectivity index (χ0) is 20.1. The van der Waals surface area contributed by atoms with E-state index in [1.807, 2.05) is 38.2 Å². The SMILES string of the molecule is CCc1ccc2c(CSCC(=O)N(C)Cc3ccc(C)cc3)cc(=O)oc2c1. The number of amides is 1. The minimum Gasteiger partial charge on any atom is -0.423 e. The summed E-state index contributed by atoms with van der Waals surface area (Å²) in [6.45, 7) is 4.71. The number of aryl methyl sites for hydroxylation is 2. The van der Waals surface area contributed by atoms with E-state index in [0.717, 1.165) is 28.5 Å². The smallest absolute Gasteiger partial charge is 0.336 e. The van der Waals surface area contributed by atoms with Gasteiger partial charge in [0.1, 0.15) is 5.58 Å². The van der Waals surface area contributed by atoms with Gasteiger partial charge in [-0.2, -0.15) is 0 Å². The number of thioether (sulfide) groups is 1. The Kier molecular flexibility index (Phi) is 6.57. The molecule has 4 nitrogen and oxygen atoms in total. The number of hydrogen-bond donors (Lipinski definition) is 0. The van der Waals surface area contributed by atoms with Crippen molar-refractivity contribution in [3.05, 3.63) is 81.2 Å². The molecule has 0 N–H and O–H groups in total. The normalized spacial score (nSPS) is 11.0. The molecule has 2 aromatic carbocycles. The van der Waals surface area contributed by atoms with Gasteiger partial charge in [0.25, 0.3) is 0 Å². The molecule has 0 fully saturated rings. The number of carbonyl (C=O) groups is 1. The van der Waals surface area contributed by atoms with E-state index in [9.17, 15) is 9.59 Å². The first-order chi connectivity index (χ1) is 13.5. The lowest BCUT2D eigenvalue weighted by atomic mass is 10.1. The Morgan fingerprint density at radius 3 is 2.50 bits per heavy atom. The second-order valence-corrected chi connectivity index (χ2v) is 7.99. The van der Waals surface area contributed by atoms with Crippen LogP contribution in [-0.2, 0) is 23.5 Å². The van der Waals surface area contributed by atoms with Gasteiger partial charge in [-0.1, -0.05) is 48.9 Å². The third-order valence-electron chi connectivity index (χ3n) is 4.75. The van der Waals surface area contributed by atoms with Crippen molar-refractivity contribution in [3.8, 4) is 0 Å². The predicted octanol–water partition coefficient (Wildman–Crippen LogP) is 4.56. The highest BCUT2D eigenvalue weighted by molar-refractivity contribution is 7.99. The molecule has 0 spiro atoms. The van der Waals surface area contributed by atoms with E-state index in [1.165, 1.54) is 23.4 Å². The van der Waals surface area contributed by atoms with Crippen molar-refractivity contribution in [1.82, 2.24) is 4.90 Å². The van der Waals surface area contributed by atoms with Gasteiger partial charge < -0.3 is 9.32 Å². The van der Waals surface area contributed by atoms with Crippen LogP contribution < -0.4 is 5.63 Å². The highest BCUT2D eigenvalue weighted by Crippen LogP contribution is 2.23. The Morgan fingerprint density at radius 1 is 1.07 bits per heavy atom. The fraction of sp³-hybridized carbons (Fsp3) is 0.304. The summed E-state index contributed by atoms with van der Waals surface area (Å²) in [5, 5.41) is 0.935. The molecule has 0 aliphatic heterocycles. The van der Waals surface area contributed by atoms with Crippen LogP contribution in [0.4, 0.5) is 0 Å². The number of benzene rings is 2. The lowest BCUT2D eigenvalue weighted by molar-refractivity contribution is -0.127. The van der Waals surface area contributed by atoms with Crippen LogP contribution in [0.15, 0.2) is 57.7 Å². The van der Waals surface area contributed by atoms with E-state index in [1.54, 1.807) is 4.90 Å². The first-order valence-electron chi connectivity index (χ1n) is 9.39. The van der Waals surface area contributed by atoms with Crippen molar-refractivity contribution in [2.45, 2.75) is 32.6 Å². The van der Waals surface area contributed by atoms with Gasteiger partial charge in [-0.25, -0.2) is 4.79 Å². The van der Waals surface area contributed by atoms with E-state index in [2.05, 4.69) is 25.1 Å². The molecule has 146 valence electrons. The molecule has 1 heterocycles. The first-order valence-corrected chi connectivity index (χ1v) is 10.5. The maximum Gasteiger partial charge on any atom is 0.336 e. The average Bonchev–Trinajstić information content (AvgIpc) is 2.68. The fourth-order valence-corrected chi connectivity index (χ4v) is 3.98. The van der Waals surface area contributed by atoms with Gasteiger partial charge in [-0.15, -0.1) is 11.8 Å². The minimum atomic E-state index is -0.348. The van der Waals surface area contributed by atoms with Crippen molar-refractivity contribution in [1.29, 1.82) is 0 Å². The van der Waals surface area contributed by atoms with Gasteiger partial charge in [0.05, 0.1) is 5.75 Å². The van der Waals surface area contributed by atoms with Crippen molar-refractivity contribution >= 4 is 28.6 Å². The maximum atomic E-state index is 12.4. The van der Waals surface area contributed by atoms with Crippen LogP contribution in [0.5, 0.6) is 0 Å². The monoisotopic (exact) mass is 395 g/mol. The molecular formula is C23H25NO3S. The molecule has 0 radical (unpaired) electrons. The Morgan fingerprint density at radius 2 is 1.79 bits per heavy atom. The van der Waals surface area contributed by atoms with Crippen molar-refractivity contribution in [2.24, 2.45) is 0 Å². The molecule has 28 heavy (non-hydrogen) atoms. The van der Waals surface area contributed by atoms with Crippen molar-refractivity contribution < 1.29 is 9.21 Å².